The van der Waals surface area contributed by atoms with Gasteiger partial charge in [0.05, 0.1) is 0 Å². The summed E-state index contributed by atoms with van der Waals surface area (Å²) < 4.78 is 10.5. The third kappa shape index (κ3) is 2.12. The summed E-state index contributed by atoms with van der Waals surface area (Å²) >= 11 is 0. The second kappa shape index (κ2) is 3.81. The van der Waals surface area contributed by atoms with E-state index in [2.05, 4.69) is 15.5 Å². The van der Waals surface area contributed by atoms with Crippen LogP contribution in [0.2, 0.25) is 0 Å². The minimum atomic E-state index is -0.451. The summed E-state index contributed by atoms with van der Waals surface area (Å²) in [5.74, 6) is 0.607. The lowest BCUT2D eigenvalue weighted by Crippen LogP contribution is -2.24. The highest BCUT2D eigenvalue weighted by atomic mass is 16.5. The van der Waals surface area contributed by atoms with Crippen molar-refractivity contribution in [2.75, 3.05) is 12.4 Å². The summed E-state index contributed by atoms with van der Waals surface area (Å²) in [5.41, 5.74) is -0.451. The molecule has 1 atom stereocenters. The van der Waals surface area contributed by atoms with Crippen LogP contribution in [0.25, 0.3) is 0 Å². The van der Waals surface area contributed by atoms with Gasteiger partial charge in [0.1, 0.15) is 5.60 Å². The zero-order chi connectivity index (χ0) is 10.9. The maximum Gasteiger partial charge on any atom is 0.321 e. The Morgan fingerprint density at radius 1 is 1.60 bits per heavy atom. The monoisotopic (exact) mass is 211 g/mol. The molecule has 1 aromatic heterocycles. The Kier molecular flexibility index (Phi) is 2.65. The van der Waals surface area contributed by atoms with E-state index in [9.17, 15) is 0 Å². The first-order chi connectivity index (χ1) is 7.18. The van der Waals surface area contributed by atoms with E-state index in [-0.39, 0.29) is 0 Å². The van der Waals surface area contributed by atoms with E-state index in [1.54, 1.807) is 7.11 Å². The number of nitrogens with zero attached hydrogens (tertiary/aromatic N) is 2. The van der Waals surface area contributed by atoms with E-state index in [1.165, 1.54) is 12.8 Å². The quantitative estimate of drug-likeness (QED) is 0.806. The van der Waals surface area contributed by atoms with Gasteiger partial charge in [-0.3, -0.25) is 0 Å². The topological polar surface area (TPSA) is 60.2 Å². The number of methoxy groups -OCH3 is 1. The molecule has 0 aliphatic heterocycles. The Bertz CT molecular complexity index is 329. The highest BCUT2D eigenvalue weighted by molar-refractivity contribution is 5.24. The molecule has 0 amide bonds. The zero-order valence-corrected chi connectivity index (χ0v) is 9.41. The average Bonchev–Trinajstić information content (AvgIpc) is 2.93. The van der Waals surface area contributed by atoms with Gasteiger partial charge in [0.2, 0.25) is 5.82 Å². The first kappa shape index (κ1) is 10.4. The van der Waals surface area contributed by atoms with Crippen LogP contribution in [0.1, 0.15) is 38.9 Å². The first-order valence-corrected chi connectivity index (χ1v) is 5.34. The van der Waals surface area contributed by atoms with Gasteiger partial charge in [0, 0.05) is 13.2 Å². The number of hydrogen-bond donors (Lipinski definition) is 1. The molecule has 1 saturated carbocycles. The summed E-state index contributed by atoms with van der Waals surface area (Å²) in [6.45, 7) is 3.99. The van der Waals surface area contributed by atoms with Gasteiger partial charge in [-0.15, -0.1) is 0 Å². The maximum absolute atomic E-state index is 5.39. The second-order valence-electron chi connectivity index (χ2n) is 4.13. The minimum absolute atomic E-state index is 0.451. The Balaban J connectivity index is 2.10. The van der Waals surface area contributed by atoms with Gasteiger partial charge in [-0.05, 0) is 26.2 Å². The van der Waals surface area contributed by atoms with Crippen LogP contribution in [0.3, 0.4) is 0 Å². The molecule has 0 saturated heterocycles. The number of rotatable bonds is 5. The lowest BCUT2D eigenvalue weighted by atomic mass is 10.0. The smallest absolute Gasteiger partial charge is 0.321 e. The Hall–Kier alpha value is -1.10. The highest BCUT2D eigenvalue weighted by Gasteiger charge is 2.31. The third-order valence-electron chi connectivity index (χ3n) is 2.93. The molecule has 1 aromatic rings. The minimum Gasteiger partial charge on any atom is -0.370 e. The molecule has 1 heterocycles. The zero-order valence-electron chi connectivity index (χ0n) is 9.41. The lowest BCUT2D eigenvalue weighted by Gasteiger charge is -2.21. The highest BCUT2D eigenvalue weighted by Crippen LogP contribution is 2.28. The van der Waals surface area contributed by atoms with Crippen molar-refractivity contribution in [1.29, 1.82) is 0 Å². The van der Waals surface area contributed by atoms with E-state index < -0.39 is 5.60 Å². The summed E-state index contributed by atoms with van der Waals surface area (Å²) in [6, 6.07) is 1.03. The fourth-order valence-corrected chi connectivity index (χ4v) is 1.29. The van der Waals surface area contributed by atoms with E-state index in [0.717, 1.165) is 6.42 Å². The molecule has 1 fully saturated rings. The second-order valence-corrected chi connectivity index (χ2v) is 4.13. The average molecular weight is 211 g/mol. The SMILES string of the molecule is CCC(C)(OC)c1noc(NC2CC2)n1. The molecule has 1 N–H and O–H groups in total. The summed E-state index contributed by atoms with van der Waals surface area (Å²) in [6.07, 6.45) is 3.19. The predicted octanol–water partition coefficient (Wildman–Crippen LogP) is 1.92. The number of aromatic nitrogens is 2. The molecule has 2 rings (SSSR count). The number of nitrogens with one attached hydrogen (secondary N) is 1. The number of ether oxygens (including phenoxy) is 1. The lowest BCUT2D eigenvalue weighted by molar-refractivity contribution is -0.0106. The van der Waals surface area contributed by atoms with Crippen LogP contribution in [-0.4, -0.2) is 23.3 Å². The van der Waals surface area contributed by atoms with Crippen LogP contribution in [-0.2, 0) is 10.3 Å². The Morgan fingerprint density at radius 2 is 2.33 bits per heavy atom. The Labute approximate surface area is 89.2 Å². The van der Waals surface area contributed by atoms with E-state index >= 15 is 0 Å². The Morgan fingerprint density at radius 3 is 2.87 bits per heavy atom. The number of anilines is 1. The van der Waals surface area contributed by atoms with Crippen molar-refractivity contribution < 1.29 is 9.26 Å². The normalized spacial score (nSPS) is 19.9. The van der Waals surface area contributed by atoms with Crippen LogP contribution in [0.15, 0.2) is 4.52 Å². The fourth-order valence-electron chi connectivity index (χ4n) is 1.29. The number of hydrogen-bond acceptors (Lipinski definition) is 5. The standard InChI is InChI=1S/C10H17N3O2/c1-4-10(2,14-3)8-12-9(15-13-8)11-7-5-6-7/h7H,4-6H2,1-3H3,(H,11,12,13). The summed E-state index contributed by atoms with van der Waals surface area (Å²) in [4.78, 5) is 4.29. The maximum atomic E-state index is 5.39. The molecule has 0 radical (unpaired) electrons. The predicted molar refractivity (Wildman–Crippen MR) is 55.6 cm³/mol. The van der Waals surface area contributed by atoms with Gasteiger partial charge >= 0.3 is 6.01 Å². The molecule has 1 unspecified atom stereocenters. The van der Waals surface area contributed by atoms with Crippen LogP contribution in [0, 0.1) is 0 Å². The molecular weight excluding hydrogens is 194 g/mol. The van der Waals surface area contributed by atoms with Crippen LogP contribution in [0.4, 0.5) is 6.01 Å². The third-order valence-corrected chi connectivity index (χ3v) is 2.93. The molecule has 0 bridgehead atoms. The van der Waals surface area contributed by atoms with Crippen molar-refractivity contribution in [2.45, 2.75) is 44.8 Å². The largest absolute Gasteiger partial charge is 0.370 e. The van der Waals surface area contributed by atoms with Crippen molar-refractivity contribution in [3.63, 3.8) is 0 Å². The van der Waals surface area contributed by atoms with E-state index in [1.807, 2.05) is 13.8 Å². The van der Waals surface area contributed by atoms with Crippen LogP contribution < -0.4 is 5.32 Å². The van der Waals surface area contributed by atoms with Crippen molar-refractivity contribution in [3.8, 4) is 0 Å². The van der Waals surface area contributed by atoms with Gasteiger partial charge < -0.3 is 14.6 Å². The van der Waals surface area contributed by atoms with Gasteiger partial charge in [-0.1, -0.05) is 12.1 Å². The van der Waals surface area contributed by atoms with Crippen molar-refractivity contribution in [1.82, 2.24) is 10.1 Å². The van der Waals surface area contributed by atoms with Crippen LogP contribution in [0.5, 0.6) is 0 Å². The molecule has 0 spiro atoms. The van der Waals surface area contributed by atoms with Gasteiger partial charge in [-0.2, -0.15) is 4.98 Å². The first-order valence-electron chi connectivity index (χ1n) is 5.34. The van der Waals surface area contributed by atoms with E-state index in [4.69, 9.17) is 9.26 Å². The molecule has 1 aliphatic carbocycles. The molecule has 84 valence electrons. The van der Waals surface area contributed by atoms with Gasteiger partial charge in [-0.25, -0.2) is 0 Å². The molecule has 0 aromatic carbocycles. The summed E-state index contributed by atoms with van der Waals surface area (Å²) in [5, 5.41) is 7.10. The molecule has 5 nitrogen and oxygen atoms in total. The molecular formula is C10H17N3O2. The van der Waals surface area contributed by atoms with Crippen molar-refractivity contribution in [3.05, 3.63) is 5.82 Å². The fraction of sp³-hybridized carbons (Fsp3) is 0.800. The van der Waals surface area contributed by atoms with E-state index in [0.29, 0.717) is 17.9 Å². The molecule has 15 heavy (non-hydrogen) atoms. The van der Waals surface area contributed by atoms with Crippen molar-refractivity contribution in [2.24, 2.45) is 0 Å². The van der Waals surface area contributed by atoms with Gasteiger partial charge in [0.15, 0.2) is 0 Å². The molecule has 5 heteroatoms. The van der Waals surface area contributed by atoms with Crippen molar-refractivity contribution >= 4 is 6.01 Å². The molecule has 1 aliphatic rings. The van der Waals surface area contributed by atoms with Gasteiger partial charge in [0.25, 0.3) is 0 Å². The van der Waals surface area contributed by atoms with Crippen LogP contribution >= 0.6 is 0 Å². The summed E-state index contributed by atoms with van der Waals surface area (Å²) in [7, 11) is 1.66.